The van der Waals surface area contributed by atoms with E-state index in [1.807, 2.05) is 0 Å². The number of aliphatic hydroxyl groups is 3. The molecule has 9 nitrogen and oxygen atoms in total. The molecular formula is C13H16ClN5O4. The number of hydrogen-bond donors (Lipinski definition) is 4. The van der Waals surface area contributed by atoms with Gasteiger partial charge in [0, 0.05) is 5.41 Å². The molecule has 4 rings (SSSR count). The summed E-state index contributed by atoms with van der Waals surface area (Å²) in [5.74, 6) is 0.156. The number of rotatable bonds is 2. The normalized spacial score (nSPS) is 41.2. The summed E-state index contributed by atoms with van der Waals surface area (Å²) in [6.45, 7) is 2.80. The quantitative estimate of drug-likeness (QED) is 0.518. The number of aromatic nitrogens is 4. The Balaban J connectivity index is 1.96. The Kier molecular flexibility index (Phi) is 2.57. The number of alkyl halides is 1. The number of nitrogens with zero attached hydrogens (tertiary/aromatic N) is 4. The SMILES string of the molecule is CC1(C)[C@@]2(O)[C@](Cl)(n3cnc4c(N)ncnc43)O[C@H](CO)[C@@]12O. The number of aliphatic hydroxyl groups excluding tert-OH is 1. The third kappa shape index (κ3) is 1.26. The predicted molar refractivity (Wildman–Crippen MR) is 79.2 cm³/mol. The summed E-state index contributed by atoms with van der Waals surface area (Å²) in [5.41, 5.74) is 1.75. The maximum atomic E-state index is 11.1. The van der Waals surface area contributed by atoms with Gasteiger partial charge in [0.05, 0.1) is 6.61 Å². The van der Waals surface area contributed by atoms with Gasteiger partial charge in [-0.05, 0) is 0 Å². The van der Waals surface area contributed by atoms with Crippen molar-refractivity contribution in [2.24, 2.45) is 5.41 Å². The molecule has 0 amide bonds. The molecule has 0 unspecified atom stereocenters. The lowest BCUT2D eigenvalue weighted by atomic mass is 10.0. The van der Waals surface area contributed by atoms with Crippen LogP contribution in [-0.2, 0) is 9.92 Å². The smallest absolute Gasteiger partial charge is 0.259 e. The molecule has 0 radical (unpaired) electrons. The second-order valence-corrected chi connectivity index (χ2v) is 7.01. The number of nitrogens with two attached hydrogens (primary N) is 1. The van der Waals surface area contributed by atoms with Crippen LogP contribution in [0, 0.1) is 5.41 Å². The highest BCUT2D eigenvalue weighted by molar-refractivity contribution is 6.23. The monoisotopic (exact) mass is 341 g/mol. The zero-order chi connectivity index (χ0) is 16.8. The average molecular weight is 342 g/mol. The molecule has 124 valence electrons. The topological polar surface area (TPSA) is 140 Å². The molecule has 2 aliphatic rings. The Labute approximate surface area is 135 Å². The second kappa shape index (κ2) is 3.93. The Hall–Kier alpha value is -1.52. The molecule has 0 bridgehead atoms. The summed E-state index contributed by atoms with van der Waals surface area (Å²) >= 11 is 6.63. The zero-order valence-electron chi connectivity index (χ0n) is 12.4. The van der Waals surface area contributed by atoms with Crippen molar-refractivity contribution in [1.29, 1.82) is 0 Å². The Bertz CT molecular complexity index is 828. The first-order chi connectivity index (χ1) is 10.7. The fourth-order valence-corrected chi connectivity index (χ4v) is 4.55. The van der Waals surface area contributed by atoms with Crippen LogP contribution in [0.3, 0.4) is 0 Å². The zero-order valence-corrected chi connectivity index (χ0v) is 13.2. The molecule has 10 heteroatoms. The van der Waals surface area contributed by atoms with Gasteiger partial charge in [-0.2, -0.15) is 0 Å². The Morgan fingerprint density at radius 3 is 2.65 bits per heavy atom. The van der Waals surface area contributed by atoms with E-state index in [0.717, 1.165) is 0 Å². The molecule has 1 aliphatic heterocycles. The first kappa shape index (κ1) is 15.0. The summed E-state index contributed by atoms with van der Waals surface area (Å²) in [7, 11) is 0. The molecular weight excluding hydrogens is 326 g/mol. The number of fused-ring (bicyclic) bond motifs is 2. The highest BCUT2D eigenvalue weighted by Gasteiger charge is 2.97. The third-order valence-electron chi connectivity index (χ3n) is 5.39. The van der Waals surface area contributed by atoms with E-state index in [4.69, 9.17) is 22.1 Å². The van der Waals surface area contributed by atoms with Crippen LogP contribution in [0.25, 0.3) is 11.2 Å². The first-order valence-corrected chi connectivity index (χ1v) is 7.41. The number of halogens is 1. The fraction of sp³-hybridized carbons (Fsp3) is 0.615. The summed E-state index contributed by atoms with van der Waals surface area (Å²) in [5, 5.41) is 29.6. The van der Waals surface area contributed by atoms with Gasteiger partial charge in [0.1, 0.15) is 29.9 Å². The van der Waals surface area contributed by atoms with Crippen LogP contribution in [0.1, 0.15) is 13.8 Å². The molecule has 4 atom stereocenters. The lowest BCUT2D eigenvalue weighted by Gasteiger charge is -2.33. The van der Waals surface area contributed by atoms with Crippen molar-refractivity contribution >= 4 is 28.6 Å². The van der Waals surface area contributed by atoms with Gasteiger partial charge in [-0.15, -0.1) is 0 Å². The van der Waals surface area contributed by atoms with Crippen LogP contribution in [0.4, 0.5) is 5.82 Å². The van der Waals surface area contributed by atoms with E-state index in [1.165, 1.54) is 17.2 Å². The van der Waals surface area contributed by atoms with E-state index in [9.17, 15) is 15.3 Å². The molecule has 2 aromatic rings. The van der Waals surface area contributed by atoms with Crippen molar-refractivity contribution in [3.63, 3.8) is 0 Å². The number of ether oxygens (including phenoxy) is 1. The fourth-order valence-electron chi connectivity index (χ4n) is 3.94. The van der Waals surface area contributed by atoms with Gasteiger partial charge in [0.25, 0.3) is 5.18 Å². The lowest BCUT2D eigenvalue weighted by Crippen LogP contribution is -2.45. The van der Waals surface area contributed by atoms with Crippen molar-refractivity contribution in [3.8, 4) is 0 Å². The van der Waals surface area contributed by atoms with Gasteiger partial charge in [-0.1, -0.05) is 25.4 Å². The number of nitrogen functional groups attached to an aromatic ring is 1. The molecule has 1 saturated carbocycles. The summed E-state index contributed by atoms with van der Waals surface area (Å²) < 4.78 is 6.93. The summed E-state index contributed by atoms with van der Waals surface area (Å²) in [6, 6.07) is 0. The van der Waals surface area contributed by atoms with Gasteiger partial charge in [-0.25, -0.2) is 15.0 Å². The van der Waals surface area contributed by atoms with E-state index in [2.05, 4.69) is 15.0 Å². The van der Waals surface area contributed by atoms with Crippen LogP contribution in [0.2, 0.25) is 0 Å². The minimum absolute atomic E-state index is 0.156. The number of anilines is 1. The van der Waals surface area contributed by atoms with Crippen molar-refractivity contribution in [2.45, 2.75) is 36.3 Å². The van der Waals surface area contributed by atoms with Gasteiger partial charge in [-0.3, -0.25) is 4.57 Å². The maximum absolute atomic E-state index is 11.1. The molecule has 2 fully saturated rings. The van der Waals surface area contributed by atoms with Crippen molar-refractivity contribution in [2.75, 3.05) is 12.3 Å². The number of imidazole rings is 1. The largest absolute Gasteiger partial charge is 0.394 e. The molecule has 1 saturated heterocycles. The Morgan fingerprint density at radius 2 is 2.04 bits per heavy atom. The van der Waals surface area contributed by atoms with Crippen LogP contribution >= 0.6 is 11.6 Å². The van der Waals surface area contributed by atoms with Gasteiger partial charge >= 0.3 is 0 Å². The minimum Gasteiger partial charge on any atom is -0.394 e. The molecule has 0 spiro atoms. The van der Waals surface area contributed by atoms with Crippen LogP contribution < -0.4 is 5.73 Å². The van der Waals surface area contributed by atoms with E-state index in [1.54, 1.807) is 13.8 Å². The van der Waals surface area contributed by atoms with E-state index >= 15 is 0 Å². The number of hydrogen-bond acceptors (Lipinski definition) is 8. The van der Waals surface area contributed by atoms with Crippen molar-refractivity contribution in [3.05, 3.63) is 12.7 Å². The van der Waals surface area contributed by atoms with Crippen molar-refractivity contribution < 1.29 is 20.1 Å². The van der Waals surface area contributed by atoms with Crippen LogP contribution in [-0.4, -0.2) is 58.8 Å². The van der Waals surface area contributed by atoms with E-state index in [-0.39, 0.29) is 11.5 Å². The van der Waals surface area contributed by atoms with E-state index < -0.39 is 34.5 Å². The molecule has 0 aromatic carbocycles. The standard InChI is InChI=1S/C13H16ClN5O4/c1-10(2)11(21)6(3-20)23-13(14,12(10,11)22)19-5-18-7-8(15)16-4-17-9(7)19/h4-6,20-22H,3H2,1-2H3,(H2,15,16,17)/t6-,11-,12+,13+/m1/s1. The van der Waals surface area contributed by atoms with Crippen molar-refractivity contribution in [1.82, 2.24) is 19.5 Å². The highest BCUT2D eigenvalue weighted by atomic mass is 35.5. The highest BCUT2D eigenvalue weighted by Crippen LogP contribution is 2.78. The van der Waals surface area contributed by atoms with Crippen LogP contribution in [0.5, 0.6) is 0 Å². The average Bonchev–Trinajstić information content (AvgIpc) is 2.87. The van der Waals surface area contributed by atoms with Gasteiger partial charge in [0.15, 0.2) is 17.1 Å². The predicted octanol–water partition coefficient (Wildman–Crippen LogP) is -0.849. The van der Waals surface area contributed by atoms with Gasteiger partial charge in [0.2, 0.25) is 0 Å². The van der Waals surface area contributed by atoms with Crippen LogP contribution in [0.15, 0.2) is 12.7 Å². The molecule has 5 N–H and O–H groups in total. The second-order valence-electron chi connectivity index (χ2n) is 6.50. The molecule has 3 heterocycles. The Morgan fingerprint density at radius 1 is 1.35 bits per heavy atom. The lowest BCUT2D eigenvalue weighted by molar-refractivity contribution is -0.151. The molecule has 2 aromatic heterocycles. The molecule has 23 heavy (non-hydrogen) atoms. The minimum atomic E-state index is -1.89. The summed E-state index contributed by atoms with van der Waals surface area (Å²) in [4.78, 5) is 12.0. The van der Waals surface area contributed by atoms with Gasteiger partial charge < -0.3 is 25.8 Å². The maximum Gasteiger partial charge on any atom is 0.259 e. The summed E-state index contributed by atoms with van der Waals surface area (Å²) in [6.07, 6.45) is 1.50. The van der Waals surface area contributed by atoms with E-state index in [0.29, 0.717) is 5.52 Å². The third-order valence-corrected chi connectivity index (χ3v) is 5.94. The molecule has 1 aliphatic carbocycles. The first-order valence-electron chi connectivity index (χ1n) is 7.03.